The number of aromatic amines is 1. The fourth-order valence-electron chi connectivity index (χ4n) is 2.76. The SMILES string of the molecule is CN(C)c1nc2c(c(N(C)C)n1)CCN(C(=O)c1c[nH]c(=O)cn1)C2. The molecule has 2 aromatic heterocycles. The molecule has 1 amide bonds. The van der Waals surface area contributed by atoms with E-state index < -0.39 is 0 Å². The molecule has 0 aliphatic carbocycles. The number of aromatic nitrogens is 4. The zero-order chi connectivity index (χ0) is 18.1. The van der Waals surface area contributed by atoms with Crippen LogP contribution in [-0.4, -0.2) is 65.5 Å². The van der Waals surface area contributed by atoms with Crippen molar-refractivity contribution < 1.29 is 4.79 Å². The lowest BCUT2D eigenvalue weighted by Crippen LogP contribution is -2.38. The van der Waals surface area contributed by atoms with Gasteiger partial charge in [0.2, 0.25) is 5.95 Å². The molecule has 0 radical (unpaired) electrons. The van der Waals surface area contributed by atoms with Crippen LogP contribution < -0.4 is 15.4 Å². The standard InChI is InChI=1S/C16H21N7O2/c1-21(2)14-10-5-6-23(9-12(10)19-16(20-14)22(3)4)15(25)11-7-18-13(24)8-17-11/h7-8H,5-6,9H2,1-4H3,(H,18,24). The molecule has 0 saturated carbocycles. The van der Waals surface area contributed by atoms with E-state index in [9.17, 15) is 9.59 Å². The quantitative estimate of drug-likeness (QED) is 0.830. The van der Waals surface area contributed by atoms with E-state index in [0.717, 1.165) is 23.3 Å². The summed E-state index contributed by atoms with van der Waals surface area (Å²) in [5.41, 5.74) is 1.79. The van der Waals surface area contributed by atoms with E-state index in [4.69, 9.17) is 0 Å². The van der Waals surface area contributed by atoms with Gasteiger partial charge in [-0.2, -0.15) is 4.98 Å². The summed E-state index contributed by atoms with van der Waals surface area (Å²) in [5, 5.41) is 0. The smallest absolute Gasteiger partial charge is 0.274 e. The fourth-order valence-corrected chi connectivity index (χ4v) is 2.76. The van der Waals surface area contributed by atoms with Gasteiger partial charge in [0, 0.05) is 46.5 Å². The average Bonchev–Trinajstić information content (AvgIpc) is 2.60. The number of amides is 1. The molecule has 0 spiro atoms. The summed E-state index contributed by atoms with van der Waals surface area (Å²) in [5.74, 6) is 1.26. The number of carbonyl (C=O) groups is 1. The normalized spacial score (nSPS) is 13.4. The summed E-state index contributed by atoms with van der Waals surface area (Å²) in [7, 11) is 7.67. The van der Waals surface area contributed by atoms with Crippen LogP contribution in [0, 0.1) is 0 Å². The van der Waals surface area contributed by atoms with Gasteiger partial charge in [-0.15, -0.1) is 0 Å². The van der Waals surface area contributed by atoms with Crippen LogP contribution in [0.1, 0.15) is 21.7 Å². The lowest BCUT2D eigenvalue weighted by atomic mass is 10.0. The summed E-state index contributed by atoms with van der Waals surface area (Å²) in [6, 6.07) is 0. The molecule has 1 aliphatic heterocycles. The highest BCUT2D eigenvalue weighted by Gasteiger charge is 2.27. The van der Waals surface area contributed by atoms with Crippen LogP contribution in [0.5, 0.6) is 0 Å². The molecule has 3 rings (SSSR count). The van der Waals surface area contributed by atoms with E-state index in [1.54, 1.807) is 4.90 Å². The van der Waals surface area contributed by atoms with E-state index in [1.165, 1.54) is 6.20 Å². The maximum absolute atomic E-state index is 12.6. The predicted molar refractivity (Wildman–Crippen MR) is 94.0 cm³/mol. The molecule has 0 unspecified atom stereocenters. The maximum Gasteiger partial charge on any atom is 0.274 e. The zero-order valence-corrected chi connectivity index (χ0v) is 14.8. The molecule has 0 fully saturated rings. The van der Waals surface area contributed by atoms with Crippen LogP contribution in [0.15, 0.2) is 17.2 Å². The van der Waals surface area contributed by atoms with E-state index in [1.807, 2.05) is 38.0 Å². The molecule has 2 aromatic rings. The fraction of sp³-hybridized carbons (Fsp3) is 0.438. The molecule has 1 N–H and O–H groups in total. The lowest BCUT2D eigenvalue weighted by molar-refractivity contribution is 0.0725. The Labute approximate surface area is 145 Å². The predicted octanol–water partition coefficient (Wildman–Crippen LogP) is -0.110. The van der Waals surface area contributed by atoms with Crippen LogP contribution in [-0.2, 0) is 13.0 Å². The van der Waals surface area contributed by atoms with Crippen molar-refractivity contribution in [2.24, 2.45) is 0 Å². The number of H-pyrrole nitrogens is 1. The lowest BCUT2D eigenvalue weighted by Gasteiger charge is -2.31. The first-order valence-electron chi connectivity index (χ1n) is 7.95. The number of anilines is 2. The largest absolute Gasteiger partial charge is 0.362 e. The summed E-state index contributed by atoms with van der Waals surface area (Å²) in [6.07, 6.45) is 3.13. The van der Waals surface area contributed by atoms with Crippen LogP contribution in [0.2, 0.25) is 0 Å². The Hall–Kier alpha value is -2.97. The highest BCUT2D eigenvalue weighted by atomic mass is 16.2. The van der Waals surface area contributed by atoms with Gasteiger partial charge in [0.1, 0.15) is 11.5 Å². The summed E-state index contributed by atoms with van der Waals surface area (Å²) in [6.45, 7) is 0.942. The number of fused-ring (bicyclic) bond motifs is 1. The van der Waals surface area contributed by atoms with Gasteiger partial charge in [0.05, 0.1) is 18.4 Å². The van der Waals surface area contributed by atoms with Crippen molar-refractivity contribution in [3.8, 4) is 0 Å². The third kappa shape index (κ3) is 3.30. The van der Waals surface area contributed by atoms with Gasteiger partial charge in [-0.25, -0.2) is 9.97 Å². The first kappa shape index (κ1) is 16.9. The third-order valence-electron chi connectivity index (χ3n) is 4.03. The van der Waals surface area contributed by atoms with Crippen molar-refractivity contribution in [2.75, 3.05) is 44.5 Å². The van der Waals surface area contributed by atoms with E-state index >= 15 is 0 Å². The van der Waals surface area contributed by atoms with E-state index in [2.05, 4.69) is 19.9 Å². The zero-order valence-electron chi connectivity index (χ0n) is 14.8. The molecule has 0 atom stereocenters. The van der Waals surface area contributed by atoms with E-state index in [-0.39, 0.29) is 17.2 Å². The highest BCUT2D eigenvalue weighted by molar-refractivity contribution is 5.92. The molecule has 25 heavy (non-hydrogen) atoms. The van der Waals surface area contributed by atoms with Gasteiger partial charge >= 0.3 is 0 Å². The third-order valence-corrected chi connectivity index (χ3v) is 4.03. The van der Waals surface area contributed by atoms with Gasteiger partial charge in [-0.3, -0.25) is 9.59 Å². The second-order valence-corrected chi connectivity index (χ2v) is 6.33. The Balaban J connectivity index is 1.93. The number of rotatable bonds is 3. The van der Waals surface area contributed by atoms with Crippen molar-refractivity contribution >= 4 is 17.7 Å². The average molecular weight is 343 g/mol. The number of hydrogen-bond acceptors (Lipinski definition) is 7. The molecule has 3 heterocycles. The van der Waals surface area contributed by atoms with Gasteiger partial charge in [-0.1, -0.05) is 0 Å². The molecular weight excluding hydrogens is 322 g/mol. The molecule has 9 heteroatoms. The molecule has 1 aliphatic rings. The highest BCUT2D eigenvalue weighted by Crippen LogP contribution is 2.27. The Morgan fingerprint density at radius 3 is 2.56 bits per heavy atom. The minimum Gasteiger partial charge on any atom is -0.362 e. The van der Waals surface area contributed by atoms with Crippen molar-refractivity contribution in [1.29, 1.82) is 0 Å². The van der Waals surface area contributed by atoms with Crippen molar-refractivity contribution in [3.05, 3.63) is 39.7 Å². The Kier molecular flexibility index (Phi) is 4.39. The summed E-state index contributed by atoms with van der Waals surface area (Å²) in [4.78, 5) is 44.9. The summed E-state index contributed by atoms with van der Waals surface area (Å²) >= 11 is 0. The second-order valence-electron chi connectivity index (χ2n) is 6.33. The van der Waals surface area contributed by atoms with Gasteiger partial charge in [0.25, 0.3) is 11.5 Å². The van der Waals surface area contributed by atoms with Gasteiger partial charge < -0.3 is 19.7 Å². The molecule has 0 bridgehead atoms. The number of hydrogen-bond donors (Lipinski definition) is 1. The second kappa shape index (κ2) is 6.50. The Morgan fingerprint density at radius 1 is 1.20 bits per heavy atom. The van der Waals surface area contributed by atoms with Gasteiger partial charge in [0.15, 0.2) is 0 Å². The molecule has 132 valence electrons. The minimum atomic E-state index is -0.334. The van der Waals surface area contributed by atoms with Crippen LogP contribution >= 0.6 is 0 Å². The molecule has 0 aromatic carbocycles. The number of nitrogens with one attached hydrogen (secondary N) is 1. The molecule has 0 saturated heterocycles. The van der Waals surface area contributed by atoms with E-state index in [0.29, 0.717) is 25.5 Å². The number of carbonyl (C=O) groups excluding carboxylic acids is 1. The van der Waals surface area contributed by atoms with Crippen LogP contribution in [0.25, 0.3) is 0 Å². The van der Waals surface area contributed by atoms with Crippen LogP contribution in [0.4, 0.5) is 11.8 Å². The monoisotopic (exact) mass is 343 g/mol. The maximum atomic E-state index is 12.6. The summed E-state index contributed by atoms with van der Waals surface area (Å²) < 4.78 is 0. The van der Waals surface area contributed by atoms with Crippen molar-refractivity contribution in [3.63, 3.8) is 0 Å². The molecule has 9 nitrogen and oxygen atoms in total. The molecular formula is C16H21N7O2. The first-order chi connectivity index (χ1) is 11.9. The number of nitrogens with zero attached hydrogens (tertiary/aromatic N) is 6. The topological polar surface area (TPSA) is 98.3 Å². The Morgan fingerprint density at radius 2 is 1.96 bits per heavy atom. The first-order valence-corrected chi connectivity index (χ1v) is 7.95. The van der Waals surface area contributed by atoms with Crippen molar-refractivity contribution in [1.82, 2.24) is 24.8 Å². The van der Waals surface area contributed by atoms with Gasteiger partial charge in [-0.05, 0) is 6.42 Å². The van der Waals surface area contributed by atoms with Crippen LogP contribution in [0.3, 0.4) is 0 Å². The Bertz CT molecular complexity index is 840. The van der Waals surface area contributed by atoms with Crippen molar-refractivity contribution in [2.45, 2.75) is 13.0 Å². The minimum absolute atomic E-state index is 0.220.